The van der Waals surface area contributed by atoms with Gasteiger partial charge in [-0.25, -0.2) is 0 Å². The first kappa shape index (κ1) is 23.5. The molecular formula is C23H33NO7. The van der Waals surface area contributed by atoms with E-state index in [0.717, 1.165) is 17.6 Å². The Labute approximate surface area is 182 Å². The Bertz CT molecular complexity index is 879. The van der Waals surface area contributed by atoms with Gasteiger partial charge in [0.2, 0.25) is 0 Å². The Kier molecular flexibility index (Phi) is 7.26. The van der Waals surface area contributed by atoms with E-state index in [4.69, 9.17) is 9.57 Å². The van der Waals surface area contributed by atoms with Gasteiger partial charge in [0.25, 0.3) is 5.56 Å². The maximum absolute atomic E-state index is 13.4. The molecule has 0 aromatic carbocycles. The number of rotatable bonds is 6. The number of aromatic nitrogens is 1. The summed E-state index contributed by atoms with van der Waals surface area (Å²) in [5.74, 6) is 0.423. The van der Waals surface area contributed by atoms with E-state index in [2.05, 4.69) is 20.4 Å². The zero-order valence-corrected chi connectivity index (χ0v) is 18.2. The van der Waals surface area contributed by atoms with Crippen LogP contribution in [0.5, 0.6) is 5.75 Å². The van der Waals surface area contributed by atoms with Crippen LogP contribution in [0.15, 0.2) is 41.4 Å². The molecule has 1 saturated carbocycles. The molecule has 8 atom stereocenters. The molecule has 4 N–H and O–H groups in total. The summed E-state index contributed by atoms with van der Waals surface area (Å²) in [4.78, 5) is 19.2. The zero-order chi connectivity index (χ0) is 22.9. The third kappa shape index (κ3) is 4.72. The zero-order valence-electron chi connectivity index (χ0n) is 18.2. The van der Waals surface area contributed by atoms with Gasteiger partial charge in [-0.2, -0.15) is 4.73 Å². The fourth-order valence-corrected chi connectivity index (χ4v) is 5.10. The van der Waals surface area contributed by atoms with E-state index >= 15 is 0 Å². The lowest BCUT2D eigenvalue weighted by Crippen LogP contribution is -2.46. The predicted molar refractivity (Wildman–Crippen MR) is 114 cm³/mol. The molecule has 3 rings (SSSR count). The van der Waals surface area contributed by atoms with Gasteiger partial charge >= 0.3 is 0 Å². The number of hydrogen-bond donors (Lipinski definition) is 4. The Hall–Kier alpha value is -2.13. The van der Waals surface area contributed by atoms with Gasteiger partial charge in [-0.3, -0.25) is 4.79 Å². The lowest BCUT2D eigenvalue weighted by Gasteiger charge is -2.38. The second kappa shape index (κ2) is 9.56. The molecule has 8 nitrogen and oxygen atoms in total. The SMILES string of the molecule is C=C[C@@H]1C[C@H](C)C[C@H](C)[C@H]1c1c(O)ccn(O[C@@H]2C[C@@H](O)[C@@H](O)C=C2C(O)OC)c1=O. The quantitative estimate of drug-likeness (QED) is 0.393. The van der Waals surface area contributed by atoms with Crippen molar-refractivity contribution in [1.29, 1.82) is 0 Å². The minimum absolute atomic E-state index is 0.0390. The summed E-state index contributed by atoms with van der Waals surface area (Å²) in [6.07, 6.45) is 1.67. The van der Waals surface area contributed by atoms with Gasteiger partial charge in [0, 0.05) is 31.1 Å². The molecule has 0 radical (unpaired) electrons. The van der Waals surface area contributed by atoms with Crippen LogP contribution in [0.4, 0.5) is 0 Å². The summed E-state index contributed by atoms with van der Waals surface area (Å²) in [6.45, 7) is 8.18. The molecule has 2 aliphatic carbocycles. The van der Waals surface area contributed by atoms with Crippen molar-refractivity contribution < 1.29 is 30.0 Å². The number of allylic oxidation sites excluding steroid dienone is 1. The van der Waals surface area contributed by atoms with Crippen LogP contribution in [-0.2, 0) is 4.74 Å². The maximum Gasteiger partial charge on any atom is 0.290 e. The van der Waals surface area contributed by atoms with E-state index in [-0.39, 0.29) is 41.1 Å². The molecule has 172 valence electrons. The van der Waals surface area contributed by atoms with E-state index < -0.39 is 30.2 Å². The average molecular weight is 436 g/mol. The van der Waals surface area contributed by atoms with E-state index in [1.807, 2.05) is 6.08 Å². The van der Waals surface area contributed by atoms with Crippen LogP contribution >= 0.6 is 0 Å². The number of nitrogens with zero attached hydrogens (tertiary/aromatic N) is 1. The highest BCUT2D eigenvalue weighted by molar-refractivity contribution is 5.34. The van der Waals surface area contributed by atoms with Gasteiger partial charge in [0.15, 0.2) is 12.4 Å². The normalized spacial score (nSPS) is 34.6. The van der Waals surface area contributed by atoms with Crippen LogP contribution in [-0.4, -0.2) is 56.9 Å². The summed E-state index contributed by atoms with van der Waals surface area (Å²) in [5, 5.41) is 40.7. The lowest BCUT2D eigenvalue weighted by molar-refractivity contribution is -0.0864. The number of aliphatic hydroxyl groups excluding tert-OH is 3. The molecule has 1 aromatic rings. The summed E-state index contributed by atoms with van der Waals surface area (Å²) in [6, 6.07) is 1.41. The fraction of sp³-hybridized carbons (Fsp3) is 0.609. The van der Waals surface area contributed by atoms with Crippen molar-refractivity contribution >= 4 is 0 Å². The molecule has 0 aliphatic heterocycles. The topological polar surface area (TPSA) is 121 Å². The van der Waals surface area contributed by atoms with Crippen LogP contribution in [0.2, 0.25) is 0 Å². The van der Waals surface area contributed by atoms with Gasteiger partial charge in [-0.05, 0) is 36.7 Å². The van der Waals surface area contributed by atoms with E-state index in [1.54, 1.807) is 0 Å². The van der Waals surface area contributed by atoms with Crippen molar-refractivity contribution in [3.63, 3.8) is 0 Å². The molecule has 0 bridgehead atoms. The first-order valence-corrected chi connectivity index (χ1v) is 10.7. The molecule has 0 saturated heterocycles. The van der Waals surface area contributed by atoms with Crippen molar-refractivity contribution in [3.05, 3.63) is 52.5 Å². The summed E-state index contributed by atoms with van der Waals surface area (Å²) in [7, 11) is 1.30. The average Bonchev–Trinajstić information content (AvgIpc) is 2.72. The highest BCUT2D eigenvalue weighted by Gasteiger charge is 2.38. The summed E-state index contributed by atoms with van der Waals surface area (Å²) < 4.78 is 5.96. The van der Waals surface area contributed by atoms with Crippen LogP contribution in [0, 0.1) is 17.8 Å². The Balaban J connectivity index is 1.98. The molecule has 0 spiro atoms. The molecular weight excluding hydrogens is 402 g/mol. The second-order valence-electron chi connectivity index (χ2n) is 8.87. The smallest absolute Gasteiger partial charge is 0.290 e. The number of ether oxygens (including phenoxy) is 1. The standard InChI is InChI=1S/C23H33NO7/c1-5-14-9-12(2)8-13(3)20(14)21-16(25)6-7-24(22(21)28)31-19-11-18(27)17(26)10-15(19)23(29)30-4/h5-7,10,12-14,17-20,23,25-27,29H,1,8-9,11H2,2-4H3/t12-,13+,14-,17+,18-,19-,20-,23?/m1/s1. The van der Waals surface area contributed by atoms with Gasteiger partial charge in [-0.15, -0.1) is 6.58 Å². The number of methoxy groups -OCH3 is 1. The summed E-state index contributed by atoms with van der Waals surface area (Å²) in [5.41, 5.74) is -0.00298. The molecule has 1 heterocycles. The minimum atomic E-state index is -1.36. The Morgan fingerprint density at radius 1 is 1.26 bits per heavy atom. The molecule has 2 aliphatic rings. The fourth-order valence-electron chi connectivity index (χ4n) is 5.10. The van der Waals surface area contributed by atoms with Crippen molar-refractivity contribution in [1.82, 2.24) is 4.73 Å². The molecule has 1 fully saturated rings. The van der Waals surface area contributed by atoms with Crippen LogP contribution < -0.4 is 10.4 Å². The van der Waals surface area contributed by atoms with Crippen LogP contribution in [0.3, 0.4) is 0 Å². The Morgan fingerprint density at radius 2 is 1.97 bits per heavy atom. The van der Waals surface area contributed by atoms with Crippen molar-refractivity contribution in [2.45, 2.75) is 63.6 Å². The van der Waals surface area contributed by atoms with Crippen LogP contribution in [0.1, 0.15) is 44.6 Å². The van der Waals surface area contributed by atoms with Crippen molar-refractivity contribution in [3.8, 4) is 5.75 Å². The lowest BCUT2D eigenvalue weighted by atomic mass is 9.66. The molecule has 8 heteroatoms. The first-order chi connectivity index (χ1) is 14.7. The van der Waals surface area contributed by atoms with E-state index in [1.165, 1.54) is 25.4 Å². The number of hydrogen-bond acceptors (Lipinski definition) is 7. The van der Waals surface area contributed by atoms with E-state index in [9.17, 15) is 25.2 Å². The van der Waals surface area contributed by atoms with Gasteiger partial charge in [0.1, 0.15) is 5.75 Å². The second-order valence-corrected chi connectivity index (χ2v) is 8.87. The number of aliphatic hydroxyl groups is 3. The van der Waals surface area contributed by atoms with Gasteiger partial charge in [-0.1, -0.05) is 19.9 Å². The minimum Gasteiger partial charge on any atom is -0.507 e. The number of pyridine rings is 1. The molecule has 1 aromatic heterocycles. The maximum atomic E-state index is 13.4. The Morgan fingerprint density at radius 3 is 2.61 bits per heavy atom. The number of aromatic hydroxyl groups is 1. The van der Waals surface area contributed by atoms with Crippen LogP contribution in [0.25, 0.3) is 0 Å². The van der Waals surface area contributed by atoms with E-state index in [0.29, 0.717) is 5.92 Å². The largest absolute Gasteiger partial charge is 0.507 e. The molecule has 0 amide bonds. The first-order valence-electron chi connectivity index (χ1n) is 10.7. The molecule has 1 unspecified atom stereocenters. The third-order valence-electron chi connectivity index (χ3n) is 6.57. The highest BCUT2D eigenvalue weighted by Crippen LogP contribution is 2.45. The van der Waals surface area contributed by atoms with Gasteiger partial charge < -0.3 is 30.0 Å². The predicted octanol–water partition coefficient (Wildman–Crippen LogP) is 1.32. The van der Waals surface area contributed by atoms with Crippen molar-refractivity contribution in [2.75, 3.05) is 7.11 Å². The van der Waals surface area contributed by atoms with Gasteiger partial charge in [0.05, 0.1) is 24.0 Å². The van der Waals surface area contributed by atoms with Crippen molar-refractivity contribution in [2.24, 2.45) is 17.8 Å². The third-order valence-corrected chi connectivity index (χ3v) is 6.57. The summed E-state index contributed by atoms with van der Waals surface area (Å²) >= 11 is 0. The monoisotopic (exact) mass is 435 g/mol. The highest BCUT2D eigenvalue weighted by atomic mass is 16.7. The molecule has 31 heavy (non-hydrogen) atoms.